The number of ether oxygens (including phenoxy) is 2. The highest BCUT2D eigenvalue weighted by Crippen LogP contribution is 2.14. The van der Waals surface area contributed by atoms with E-state index in [1.807, 2.05) is 29.8 Å². The van der Waals surface area contributed by atoms with Crippen molar-refractivity contribution < 1.29 is 23.5 Å². The fraction of sp³-hybridized carbons (Fsp3) is 0.500. The molecular weight excluding hydrogens is 362 g/mol. The fourth-order valence-corrected chi connectivity index (χ4v) is 2.83. The van der Waals surface area contributed by atoms with Crippen LogP contribution in [0.2, 0.25) is 0 Å². The molecule has 0 aromatic carbocycles. The number of nitrogens with zero attached hydrogens (tertiary/aromatic N) is 2. The summed E-state index contributed by atoms with van der Waals surface area (Å²) in [6, 6.07) is 7.35. The van der Waals surface area contributed by atoms with E-state index in [1.165, 1.54) is 7.11 Å². The van der Waals surface area contributed by atoms with Gasteiger partial charge < -0.3 is 28.7 Å². The Hall–Kier alpha value is -2.58. The van der Waals surface area contributed by atoms with Crippen molar-refractivity contribution in [2.24, 2.45) is 0 Å². The number of furan rings is 1. The smallest absolute Gasteiger partial charge is 0.287 e. The lowest BCUT2D eigenvalue weighted by Crippen LogP contribution is -2.34. The number of hydrogen-bond acceptors (Lipinski definition) is 5. The summed E-state index contributed by atoms with van der Waals surface area (Å²) in [7, 11) is 3.10. The van der Waals surface area contributed by atoms with Crippen molar-refractivity contribution in [2.45, 2.75) is 26.4 Å². The second-order valence-corrected chi connectivity index (χ2v) is 6.39. The lowest BCUT2D eigenvalue weighted by molar-refractivity contribution is -0.135. The normalized spacial score (nSPS) is 10.8. The summed E-state index contributed by atoms with van der Waals surface area (Å²) < 4.78 is 17.6. The van der Waals surface area contributed by atoms with E-state index in [4.69, 9.17) is 13.9 Å². The fourth-order valence-electron chi connectivity index (χ4n) is 2.83. The molecule has 2 aromatic rings. The lowest BCUT2D eigenvalue weighted by atomic mass is 10.3. The largest absolute Gasteiger partial charge is 0.454 e. The van der Waals surface area contributed by atoms with Crippen LogP contribution in [-0.4, -0.2) is 61.8 Å². The van der Waals surface area contributed by atoms with Gasteiger partial charge in [0.25, 0.3) is 5.91 Å². The number of aromatic nitrogens is 1. The van der Waals surface area contributed by atoms with Crippen molar-refractivity contribution in [3.63, 3.8) is 0 Å². The van der Waals surface area contributed by atoms with E-state index in [2.05, 4.69) is 5.32 Å². The Labute approximate surface area is 165 Å². The minimum Gasteiger partial charge on any atom is -0.454 e. The number of methoxy groups -OCH3 is 2. The van der Waals surface area contributed by atoms with Crippen LogP contribution in [0.3, 0.4) is 0 Å². The van der Waals surface area contributed by atoms with Crippen LogP contribution in [0.5, 0.6) is 0 Å². The van der Waals surface area contributed by atoms with Gasteiger partial charge in [-0.15, -0.1) is 0 Å². The van der Waals surface area contributed by atoms with Gasteiger partial charge in [-0.3, -0.25) is 9.59 Å². The number of rotatable bonds is 12. The van der Waals surface area contributed by atoms with Crippen LogP contribution in [0.1, 0.15) is 35.4 Å². The molecule has 0 bridgehead atoms. The molecule has 2 heterocycles. The summed E-state index contributed by atoms with van der Waals surface area (Å²) in [5, 5.41) is 2.73. The quantitative estimate of drug-likeness (QED) is 0.559. The highest BCUT2D eigenvalue weighted by atomic mass is 16.5. The zero-order chi connectivity index (χ0) is 20.4. The van der Waals surface area contributed by atoms with Crippen LogP contribution in [0.4, 0.5) is 0 Å². The maximum Gasteiger partial charge on any atom is 0.287 e. The zero-order valence-corrected chi connectivity index (χ0v) is 16.8. The van der Waals surface area contributed by atoms with Gasteiger partial charge in [-0.25, -0.2) is 0 Å². The number of nitrogens with one attached hydrogen (secondary N) is 1. The van der Waals surface area contributed by atoms with Crippen LogP contribution >= 0.6 is 0 Å². The molecule has 0 spiro atoms. The van der Waals surface area contributed by atoms with E-state index in [-0.39, 0.29) is 24.2 Å². The van der Waals surface area contributed by atoms with E-state index < -0.39 is 0 Å². The molecule has 0 saturated carbocycles. The molecule has 0 aliphatic heterocycles. The third-order valence-electron chi connectivity index (χ3n) is 4.19. The summed E-state index contributed by atoms with van der Waals surface area (Å²) in [5.74, 6) is 0.628. The Balaban J connectivity index is 2.02. The summed E-state index contributed by atoms with van der Waals surface area (Å²) in [4.78, 5) is 26.1. The maximum absolute atomic E-state index is 12.2. The molecule has 0 fully saturated rings. The summed E-state index contributed by atoms with van der Waals surface area (Å²) in [6.07, 6.45) is 2.80. The highest BCUT2D eigenvalue weighted by molar-refractivity contribution is 5.91. The molecule has 1 N–H and O–H groups in total. The Kier molecular flexibility index (Phi) is 8.77. The molecule has 8 nitrogen and oxygen atoms in total. The highest BCUT2D eigenvalue weighted by Gasteiger charge is 2.16. The van der Waals surface area contributed by atoms with Gasteiger partial charge in [0.15, 0.2) is 5.76 Å². The van der Waals surface area contributed by atoms with Gasteiger partial charge in [0.1, 0.15) is 12.4 Å². The molecule has 0 aliphatic carbocycles. The van der Waals surface area contributed by atoms with Gasteiger partial charge in [0.2, 0.25) is 5.91 Å². The first-order chi connectivity index (χ1) is 13.6. The van der Waals surface area contributed by atoms with Crippen LogP contribution < -0.4 is 5.32 Å². The summed E-state index contributed by atoms with van der Waals surface area (Å²) >= 11 is 0. The molecule has 0 aliphatic rings. The van der Waals surface area contributed by atoms with Gasteiger partial charge in [0.05, 0.1) is 19.7 Å². The Bertz CT molecular complexity index is 753. The Morgan fingerprint density at radius 1 is 1.21 bits per heavy atom. The average molecular weight is 391 g/mol. The zero-order valence-electron chi connectivity index (χ0n) is 16.8. The van der Waals surface area contributed by atoms with Gasteiger partial charge >= 0.3 is 0 Å². The first-order valence-electron chi connectivity index (χ1n) is 9.35. The lowest BCUT2D eigenvalue weighted by Gasteiger charge is -2.22. The number of hydrogen-bond donors (Lipinski definition) is 1. The van der Waals surface area contributed by atoms with Crippen LogP contribution in [-0.2, 0) is 27.4 Å². The van der Waals surface area contributed by atoms with E-state index in [1.54, 1.807) is 24.1 Å². The molecule has 0 saturated heterocycles. The van der Waals surface area contributed by atoms with Crippen molar-refractivity contribution >= 4 is 11.8 Å². The molecule has 8 heteroatoms. The maximum atomic E-state index is 12.2. The minimum atomic E-state index is -0.268. The number of carbonyl (C=O) groups is 2. The van der Waals surface area contributed by atoms with Crippen LogP contribution in [0.15, 0.2) is 34.9 Å². The molecule has 2 aromatic heterocycles. The summed E-state index contributed by atoms with van der Waals surface area (Å²) in [5.41, 5.74) is 0.986. The van der Waals surface area contributed by atoms with Crippen LogP contribution in [0.25, 0.3) is 0 Å². The Morgan fingerprint density at radius 2 is 2.04 bits per heavy atom. The second-order valence-electron chi connectivity index (χ2n) is 6.39. The van der Waals surface area contributed by atoms with Gasteiger partial charge in [-0.1, -0.05) is 6.92 Å². The summed E-state index contributed by atoms with van der Waals surface area (Å²) in [6.45, 7) is 4.62. The average Bonchev–Trinajstić information content (AvgIpc) is 3.32. The third kappa shape index (κ3) is 6.24. The SMILES string of the molecule is CCCN(Cc1cccn1Cc1ccc(C(=O)NCCOC)o1)C(=O)COC. The number of amides is 2. The first kappa shape index (κ1) is 21.7. The van der Waals surface area contributed by atoms with E-state index in [0.29, 0.717) is 38.5 Å². The van der Waals surface area contributed by atoms with Crippen molar-refractivity contribution in [3.05, 3.63) is 47.7 Å². The van der Waals surface area contributed by atoms with E-state index in [9.17, 15) is 9.59 Å². The predicted molar refractivity (Wildman–Crippen MR) is 104 cm³/mol. The van der Waals surface area contributed by atoms with Gasteiger partial charge in [0, 0.05) is 39.2 Å². The van der Waals surface area contributed by atoms with Crippen molar-refractivity contribution in [2.75, 3.05) is 40.5 Å². The molecule has 0 atom stereocenters. The molecule has 28 heavy (non-hydrogen) atoms. The first-order valence-corrected chi connectivity index (χ1v) is 9.35. The molecular formula is C20H29N3O5. The third-order valence-corrected chi connectivity index (χ3v) is 4.19. The number of carbonyl (C=O) groups excluding carboxylic acids is 2. The molecule has 2 rings (SSSR count). The Morgan fingerprint density at radius 3 is 2.75 bits per heavy atom. The van der Waals surface area contributed by atoms with E-state index >= 15 is 0 Å². The van der Waals surface area contributed by atoms with Crippen LogP contribution in [0, 0.1) is 0 Å². The van der Waals surface area contributed by atoms with Gasteiger partial charge in [-0.2, -0.15) is 0 Å². The van der Waals surface area contributed by atoms with Crippen molar-refractivity contribution in [1.82, 2.24) is 14.8 Å². The van der Waals surface area contributed by atoms with Crippen molar-refractivity contribution in [3.8, 4) is 0 Å². The topological polar surface area (TPSA) is 85.9 Å². The van der Waals surface area contributed by atoms with Gasteiger partial charge in [-0.05, 0) is 30.7 Å². The molecule has 154 valence electrons. The standard InChI is InChI=1S/C20H29N3O5/c1-4-10-23(19(24)15-27-3)13-16-6-5-11-22(16)14-17-7-8-18(28-17)20(25)21-9-12-26-2/h5-8,11H,4,9-10,12-15H2,1-3H3,(H,21,25). The minimum absolute atomic E-state index is 0.0369. The van der Waals surface area contributed by atoms with Crippen molar-refractivity contribution in [1.29, 1.82) is 0 Å². The predicted octanol–water partition coefficient (Wildman–Crippen LogP) is 1.89. The molecule has 0 unspecified atom stereocenters. The monoisotopic (exact) mass is 391 g/mol. The molecule has 2 amide bonds. The van der Waals surface area contributed by atoms with E-state index in [0.717, 1.165) is 12.1 Å². The second kappa shape index (κ2) is 11.3. The molecule has 0 radical (unpaired) electrons.